The summed E-state index contributed by atoms with van der Waals surface area (Å²) >= 11 is 0. The van der Waals surface area contributed by atoms with E-state index in [1.165, 1.54) is 289 Å². The highest BCUT2D eigenvalue weighted by molar-refractivity contribution is 5.76. The Bertz CT molecular complexity index is 1060. The first kappa shape index (κ1) is 69.6. The van der Waals surface area contributed by atoms with E-state index in [1.54, 1.807) is 0 Å². The Morgan fingerprint density at radius 1 is 0.380 bits per heavy atom. The maximum atomic E-state index is 12.5. The van der Waals surface area contributed by atoms with Gasteiger partial charge in [-0.2, -0.15) is 0 Å². The first-order valence-electron chi connectivity index (χ1n) is 32.4. The van der Waals surface area contributed by atoms with Crippen LogP contribution in [-0.2, 0) is 14.3 Å². The molecule has 0 radical (unpaired) electrons. The molecule has 0 aliphatic heterocycles. The van der Waals surface area contributed by atoms with E-state index in [4.69, 9.17) is 4.74 Å². The molecule has 6 heteroatoms. The summed E-state index contributed by atoms with van der Waals surface area (Å²) in [6.45, 7) is 4.97. The van der Waals surface area contributed by atoms with E-state index < -0.39 is 12.1 Å². The van der Waals surface area contributed by atoms with Gasteiger partial charge in [-0.1, -0.05) is 315 Å². The smallest absolute Gasteiger partial charge is 0.305 e. The molecule has 0 saturated carbocycles. The zero-order valence-corrected chi connectivity index (χ0v) is 48.2. The number of aliphatic hydroxyl groups excluding tert-OH is 2. The topological polar surface area (TPSA) is 95.9 Å². The van der Waals surface area contributed by atoms with Crippen LogP contribution in [0.25, 0.3) is 0 Å². The lowest BCUT2D eigenvalue weighted by Crippen LogP contribution is -2.45. The maximum Gasteiger partial charge on any atom is 0.305 e. The van der Waals surface area contributed by atoms with Crippen molar-refractivity contribution in [1.29, 1.82) is 0 Å². The van der Waals surface area contributed by atoms with Gasteiger partial charge >= 0.3 is 5.97 Å². The monoisotopic (exact) mass is 1000 g/mol. The highest BCUT2D eigenvalue weighted by Gasteiger charge is 2.20. The molecule has 0 spiro atoms. The van der Waals surface area contributed by atoms with E-state index in [0.717, 1.165) is 44.9 Å². The first-order valence-corrected chi connectivity index (χ1v) is 32.4. The lowest BCUT2D eigenvalue weighted by atomic mass is 10.0. The second-order valence-electron chi connectivity index (χ2n) is 22.5. The SMILES string of the molecule is CCCCCC/C=C\CCCCCCCC(=O)OCCCCCCCCCCCCCCCCCCCCCCCCCC(=O)NC(CO)C(O)CCCCCCCCCCCCCCCCCCCC. The maximum absolute atomic E-state index is 12.5. The third-order valence-corrected chi connectivity index (χ3v) is 15.3. The molecule has 0 aromatic heterocycles. The molecular formula is C65H127NO5. The number of rotatable bonds is 61. The Kier molecular flexibility index (Phi) is 59.9. The molecule has 0 aliphatic rings. The summed E-state index contributed by atoms with van der Waals surface area (Å²) in [6, 6.07) is -0.541. The third kappa shape index (κ3) is 57.7. The van der Waals surface area contributed by atoms with Crippen LogP contribution in [0.15, 0.2) is 12.2 Å². The number of hydrogen-bond donors (Lipinski definition) is 3. The third-order valence-electron chi connectivity index (χ3n) is 15.3. The Hall–Kier alpha value is -1.40. The molecule has 0 heterocycles. The van der Waals surface area contributed by atoms with E-state index in [-0.39, 0.29) is 18.5 Å². The summed E-state index contributed by atoms with van der Waals surface area (Å²) in [5.41, 5.74) is 0. The van der Waals surface area contributed by atoms with Crippen LogP contribution in [0.1, 0.15) is 367 Å². The average Bonchev–Trinajstić information content (AvgIpc) is 3.37. The van der Waals surface area contributed by atoms with Gasteiger partial charge < -0.3 is 20.3 Å². The number of unbranched alkanes of at least 4 members (excludes halogenated alkanes) is 48. The zero-order valence-electron chi connectivity index (χ0n) is 48.2. The molecule has 3 N–H and O–H groups in total. The van der Waals surface area contributed by atoms with E-state index in [1.807, 2.05) is 0 Å². The molecule has 0 fully saturated rings. The number of allylic oxidation sites excluding steroid dienone is 2. The molecule has 0 aromatic rings. The van der Waals surface area contributed by atoms with E-state index >= 15 is 0 Å². The minimum absolute atomic E-state index is 0.00598. The van der Waals surface area contributed by atoms with Crippen molar-refractivity contribution in [2.75, 3.05) is 13.2 Å². The van der Waals surface area contributed by atoms with Gasteiger partial charge in [-0.15, -0.1) is 0 Å². The lowest BCUT2D eigenvalue weighted by molar-refractivity contribution is -0.143. The van der Waals surface area contributed by atoms with Gasteiger partial charge in [-0.05, 0) is 51.4 Å². The van der Waals surface area contributed by atoms with E-state index in [0.29, 0.717) is 25.9 Å². The number of nitrogens with one attached hydrogen (secondary N) is 1. The molecule has 0 aromatic carbocycles. The van der Waals surface area contributed by atoms with Gasteiger partial charge in [-0.3, -0.25) is 9.59 Å². The molecule has 2 unspecified atom stereocenters. The fourth-order valence-corrected chi connectivity index (χ4v) is 10.3. The predicted molar refractivity (Wildman–Crippen MR) is 310 cm³/mol. The van der Waals surface area contributed by atoms with Gasteiger partial charge in [0, 0.05) is 12.8 Å². The van der Waals surface area contributed by atoms with E-state index in [9.17, 15) is 19.8 Å². The van der Waals surface area contributed by atoms with Gasteiger partial charge in [0.05, 0.1) is 25.4 Å². The number of esters is 1. The molecule has 0 rings (SSSR count). The number of carbonyl (C=O) groups is 2. The normalized spacial score (nSPS) is 12.6. The molecule has 2 atom stereocenters. The number of ether oxygens (including phenoxy) is 1. The van der Waals surface area contributed by atoms with Crippen LogP contribution < -0.4 is 5.32 Å². The predicted octanol–water partition coefficient (Wildman–Crippen LogP) is 20.4. The summed E-state index contributed by atoms with van der Waals surface area (Å²) in [5.74, 6) is -0.0248. The van der Waals surface area contributed by atoms with Crippen LogP contribution in [0.5, 0.6) is 0 Å². The largest absolute Gasteiger partial charge is 0.466 e. The quantitative estimate of drug-likeness (QED) is 0.0320. The fraction of sp³-hybridized carbons (Fsp3) is 0.938. The van der Waals surface area contributed by atoms with Crippen LogP contribution in [-0.4, -0.2) is 47.4 Å². The van der Waals surface area contributed by atoms with Crippen LogP contribution >= 0.6 is 0 Å². The number of aliphatic hydroxyl groups is 2. The Balaban J connectivity index is 3.37. The lowest BCUT2D eigenvalue weighted by Gasteiger charge is -2.22. The molecule has 422 valence electrons. The number of amides is 1. The minimum Gasteiger partial charge on any atom is -0.466 e. The van der Waals surface area contributed by atoms with Gasteiger partial charge in [0.2, 0.25) is 5.91 Å². The summed E-state index contributed by atoms with van der Waals surface area (Å²) in [4.78, 5) is 24.5. The van der Waals surface area contributed by atoms with Crippen molar-refractivity contribution in [3.8, 4) is 0 Å². The molecular weight excluding hydrogens is 875 g/mol. The Morgan fingerprint density at radius 2 is 0.662 bits per heavy atom. The summed E-state index contributed by atoms with van der Waals surface area (Å²) in [6.07, 6.45) is 73.7. The van der Waals surface area contributed by atoms with Crippen molar-refractivity contribution < 1.29 is 24.5 Å². The molecule has 0 bridgehead atoms. The molecule has 6 nitrogen and oxygen atoms in total. The van der Waals surface area contributed by atoms with Gasteiger partial charge in [-0.25, -0.2) is 0 Å². The van der Waals surface area contributed by atoms with Crippen LogP contribution in [0, 0.1) is 0 Å². The second kappa shape index (κ2) is 61.1. The molecule has 0 saturated heterocycles. The number of carbonyl (C=O) groups excluding carboxylic acids is 2. The molecule has 0 aliphatic carbocycles. The van der Waals surface area contributed by atoms with Crippen LogP contribution in [0.3, 0.4) is 0 Å². The van der Waals surface area contributed by atoms with Crippen molar-refractivity contribution >= 4 is 11.9 Å². The second-order valence-corrected chi connectivity index (χ2v) is 22.5. The van der Waals surface area contributed by atoms with Crippen LogP contribution in [0.2, 0.25) is 0 Å². The van der Waals surface area contributed by atoms with E-state index in [2.05, 4.69) is 31.3 Å². The fourth-order valence-electron chi connectivity index (χ4n) is 10.3. The van der Waals surface area contributed by atoms with Gasteiger partial charge in [0.1, 0.15) is 0 Å². The summed E-state index contributed by atoms with van der Waals surface area (Å²) in [5, 5.41) is 23.4. The van der Waals surface area contributed by atoms with Gasteiger partial charge in [0.15, 0.2) is 0 Å². The van der Waals surface area contributed by atoms with Crippen LogP contribution in [0.4, 0.5) is 0 Å². The number of hydrogen-bond acceptors (Lipinski definition) is 5. The van der Waals surface area contributed by atoms with Crippen molar-refractivity contribution in [1.82, 2.24) is 5.32 Å². The van der Waals surface area contributed by atoms with Crippen molar-refractivity contribution in [2.45, 2.75) is 379 Å². The molecule has 1 amide bonds. The first-order chi connectivity index (χ1) is 35.0. The van der Waals surface area contributed by atoms with Crippen molar-refractivity contribution in [2.24, 2.45) is 0 Å². The Labute approximate surface area is 444 Å². The minimum atomic E-state index is -0.664. The standard InChI is InChI=1S/C65H127NO5/c1-3-5-7-9-11-13-15-17-18-19-27-30-34-37-41-45-49-53-57-63(68)62(61-67)66-64(69)58-54-50-46-42-38-35-31-28-25-23-21-20-22-24-26-29-32-36-40-44-48-52-56-60-71-65(70)59-55-51-47-43-39-33-16-14-12-10-8-6-4-2/h14,16,62-63,67-68H,3-13,15,17-61H2,1-2H3,(H,66,69)/b16-14-. The highest BCUT2D eigenvalue weighted by atomic mass is 16.5. The molecule has 71 heavy (non-hydrogen) atoms. The average molecular weight is 1000 g/mol. The highest BCUT2D eigenvalue weighted by Crippen LogP contribution is 2.19. The van der Waals surface area contributed by atoms with Crippen molar-refractivity contribution in [3.05, 3.63) is 12.2 Å². The summed E-state index contributed by atoms with van der Waals surface area (Å²) in [7, 11) is 0. The Morgan fingerprint density at radius 3 is 1.01 bits per heavy atom. The summed E-state index contributed by atoms with van der Waals surface area (Å²) < 4.78 is 5.48. The van der Waals surface area contributed by atoms with Gasteiger partial charge in [0.25, 0.3) is 0 Å². The van der Waals surface area contributed by atoms with Crippen molar-refractivity contribution in [3.63, 3.8) is 0 Å². The zero-order chi connectivity index (χ0) is 51.4.